The van der Waals surface area contributed by atoms with Crippen molar-refractivity contribution in [2.75, 3.05) is 6.54 Å². The van der Waals surface area contributed by atoms with E-state index in [1.165, 1.54) is 0 Å². The topological polar surface area (TPSA) is 75.3 Å². The molecule has 1 aromatic rings. The van der Waals surface area contributed by atoms with Crippen LogP contribution in [0.4, 0.5) is 0 Å². The number of benzene rings is 1. The summed E-state index contributed by atoms with van der Waals surface area (Å²) in [7, 11) is 0. The number of nitrogens with one attached hydrogen (secondary N) is 1. The third-order valence-electron chi connectivity index (χ3n) is 2.65. The van der Waals surface area contributed by atoms with Crippen LogP contribution in [0.1, 0.15) is 35.7 Å². The molecular weight excluding hydrogens is 252 g/mol. The van der Waals surface area contributed by atoms with E-state index in [4.69, 9.17) is 17.3 Å². The van der Waals surface area contributed by atoms with E-state index in [9.17, 15) is 9.90 Å². The molecule has 18 heavy (non-hydrogen) atoms. The first-order valence-corrected chi connectivity index (χ1v) is 6.39. The zero-order chi connectivity index (χ0) is 13.5. The Morgan fingerprint density at radius 3 is 2.83 bits per heavy atom. The second-order valence-corrected chi connectivity index (χ2v) is 4.65. The highest BCUT2D eigenvalue weighted by Crippen LogP contribution is 2.17. The first kappa shape index (κ1) is 15.0. The molecule has 0 saturated heterocycles. The first-order valence-electron chi connectivity index (χ1n) is 6.01. The number of nitrogens with two attached hydrogens (primary N) is 1. The van der Waals surface area contributed by atoms with E-state index in [0.29, 0.717) is 23.7 Å². The third kappa shape index (κ3) is 4.64. The van der Waals surface area contributed by atoms with Crippen molar-refractivity contribution in [3.05, 3.63) is 34.3 Å². The average Bonchev–Trinajstić information content (AvgIpc) is 2.31. The molecule has 4 nitrogen and oxygen atoms in total. The number of carbonyl (C=O) groups excluding carboxylic acids is 1. The second kappa shape index (κ2) is 7.36. The van der Waals surface area contributed by atoms with Gasteiger partial charge >= 0.3 is 0 Å². The molecule has 1 aromatic carbocycles. The second-order valence-electron chi connectivity index (χ2n) is 4.24. The van der Waals surface area contributed by atoms with Gasteiger partial charge in [0.15, 0.2) is 0 Å². The zero-order valence-corrected chi connectivity index (χ0v) is 11.2. The number of carbonyl (C=O) groups is 1. The fraction of sp³-hybridized carbons (Fsp3) is 0.462. The molecule has 100 valence electrons. The fourth-order valence-electron chi connectivity index (χ4n) is 1.65. The maximum absolute atomic E-state index is 11.0. The van der Waals surface area contributed by atoms with Gasteiger partial charge in [0.2, 0.25) is 5.91 Å². The van der Waals surface area contributed by atoms with Crippen molar-refractivity contribution in [3.8, 4) is 0 Å². The summed E-state index contributed by atoms with van der Waals surface area (Å²) < 4.78 is 0. The molecule has 0 aliphatic carbocycles. The summed E-state index contributed by atoms with van der Waals surface area (Å²) in [5, 5.41) is 13.2. The summed E-state index contributed by atoms with van der Waals surface area (Å²) in [6.45, 7) is 3.11. The maximum Gasteiger partial charge on any atom is 0.248 e. The van der Waals surface area contributed by atoms with Gasteiger partial charge in [0.25, 0.3) is 0 Å². The van der Waals surface area contributed by atoms with Gasteiger partial charge in [0, 0.05) is 23.7 Å². The standard InChI is InChI=1S/C13H19ClN2O2/c1-2-3-11(17)8-16-7-10-5-4-9(13(15)18)6-12(10)14/h4-6,11,16-17H,2-3,7-8H2,1H3,(H2,15,18). The van der Waals surface area contributed by atoms with E-state index in [2.05, 4.69) is 5.32 Å². The van der Waals surface area contributed by atoms with Gasteiger partial charge in [-0.25, -0.2) is 0 Å². The molecule has 0 aliphatic rings. The van der Waals surface area contributed by atoms with E-state index < -0.39 is 5.91 Å². The van der Waals surface area contributed by atoms with Crippen LogP contribution in [0.3, 0.4) is 0 Å². The van der Waals surface area contributed by atoms with E-state index >= 15 is 0 Å². The molecule has 1 unspecified atom stereocenters. The van der Waals surface area contributed by atoms with Crippen LogP contribution in [0.2, 0.25) is 5.02 Å². The largest absolute Gasteiger partial charge is 0.392 e. The van der Waals surface area contributed by atoms with Crippen molar-refractivity contribution in [2.45, 2.75) is 32.4 Å². The van der Waals surface area contributed by atoms with Crippen LogP contribution in [0.25, 0.3) is 0 Å². The molecule has 0 radical (unpaired) electrons. The van der Waals surface area contributed by atoms with Gasteiger partial charge in [-0.1, -0.05) is 31.0 Å². The highest BCUT2D eigenvalue weighted by atomic mass is 35.5. The Morgan fingerprint density at radius 2 is 2.28 bits per heavy atom. The minimum Gasteiger partial charge on any atom is -0.392 e. The fourth-order valence-corrected chi connectivity index (χ4v) is 1.90. The molecule has 0 fully saturated rings. The molecule has 0 saturated carbocycles. The van der Waals surface area contributed by atoms with Crippen LogP contribution in [0.5, 0.6) is 0 Å². The third-order valence-corrected chi connectivity index (χ3v) is 3.01. The van der Waals surface area contributed by atoms with Gasteiger partial charge in [-0.3, -0.25) is 4.79 Å². The number of hydrogen-bond donors (Lipinski definition) is 3. The first-order chi connectivity index (χ1) is 8.54. The SMILES string of the molecule is CCCC(O)CNCc1ccc(C(N)=O)cc1Cl. The molecule has 0 heterocycles. The minimum atomic E-state index is -0.491. The predicted molar refractivity (Wildman–Crippen MR) is 72.6 cm³/mol. The molecule has 4 N–H and O–H groups in total. The summed E-state index contributed by atoms with van der Waals surface area (Å²) in [5.41, 5.74) is 6.44. The van der Waals surface area contributed by atoms with Crippen molar-refractivity contribution in [1.82, 2.24) is 5.32 Å². The zero-order valence-electron chi connectivity index (χ0n) is 10.4. The molecule has 1 rings (SSSR count). The van der Waals surface area contributed by atoms with Gasteiger partial charge in [-0.15, -0.1) is 0 Å². The van der Waals surface area contributed by atoms with E-state index in [0.717, 1.165) is 18.4 Å². The number of hydrogen-bond acceptors (Lipinski definition) is 3. The number of aliphatic hydroxyl groups excluding tert-OH is 1. The van der Waals surface area contributed by atoms with Gasteiger partial charge in [0.05, 0.1) is 6.10 Å². The van der Waals surface area contributed by atoms with Crippen molar-refractivity contribution in [3.63, 3.8) is 0 Å². The van der Waals surface area contributed by atoms with Gasteiger partial charge < -0.3 is 16.2 Å². The molecule has 1 amide bonds. The minimum absolute atomic E-state index is 0.335. The summed E-state index contributed by atoms with van der Waals surface area (Å²) in [6, 6.07) is 4.97. The smallest absolute Gasteiger partial charge is 0.248 e. The lowest BCUT2D eigenvalue weighted by atomic mass is 10.1. The highest BCUT2D eigenvalue weighted by Gasteiger charge is 2.06. The average molecular weight is 271 g/mol. The van der Waals surface area contributed by atoms with Crippen LogP contribution in [0, 0.1) is 0 Å². The van der Waals surface area contributed by atoms with E-state index in [1.54, 1.807) is 18.2 Å². The molecule has 1 atom stereocenters. The number of rotatable bonds is 7. The lowest BCUT2D eigenvalue weighted by Gasteiger charge is -2.11. The Balaban J connectivity index is 2.50. The van der Waals surface area contributed by atoms with Gasteiger partial charge in [0.1, 0.15) is 0 Å². The van der Waals surface area contributed by atoms with E-state index in [1.807, 2.05) is 6.92 Å². The Kier molecular flexibility index (Phi) is 6.12. The Bertz CT molecular complexity index is 410. The van der Waals surface area contributed by atoms with Crippen molar-refractivity contribution in [1.29, 1.82) is 0 Å². The molecule has 0 spiro atoms. The van der Waals surface area contributed by atoms with Crippen molar-refractivity contribution >= 4 is 17.5 Å². The maximum atomic E-state index is 11.0. The summed E-state index contributed by atoms with van der Waals surface area (Å²) in [6.07, 6.45) is 1.40. The van der Waals surface area contributed by atoms with Gasteiger partial charge in [-0.2, -0.15) is 0 Å². The molecule has 5 heteroatoms. The molecule has 0 aromatic heterocycles. The van der Waals surface area contributed by atoms with E-state index in [-0.39, 0.29) is 6.10 Å². The Labute approximate surface area is 112 Å². The van der Waals surface area contributed by atoms with Gasteiger partial charge in [-0.05, 0) is 24.1 Å². The van der Waals surface area contributed by atoms with Crippen LogP contribution in [-0.4, -0.2) is 23.7 Å². The summed E-state index contributed by atoms with van der Waals surface area (Å²) in [5.74, 6) is -0.491. The van der Waals surface area contributed by atoms with Crippen LogP contribution in [0.15, 0.2) is 18.2 Å². The molecular formula is C13H19ClN2O2. The van der Waals surface area contributed by atoms with Crippen LogP contribution < -0.4 is 11.1 Å². The molecule has 0 aliphatic heterocycles. The normalized spacial score (nSPS) is 12.4. The summed E-state index contributed by atoms with van der Waals surface area (Å²) in [4.78, 5) is 11.0. The van der Waals surface area contributed by atoms with Crippen LogP contribution >= 0.6 is 11.6 Å². The number of primary amides is 1. The number of halogens is 1. The lowest BCUT2D eigenvalue weighted by Crippen LogP contribution is -2.26. The monoisotopic (exact) mass is 270 g/mol. The highest BCUT2D eigenvalue weighted by molar-refractivity contribution is 6.31. The lowest BCUT2D eigenvalue weighted by molar-refractivity contribution is 0.100. The van der Waals surface area contributed by atoms with Crippen LogP contribution in [-0.2, 0) is 6.54 Å². The quantitative estimate of drug-likeness (QED) is 0.706. The number of amides is 1. The van der Waals surface area contributed by atoms with Crippen molar-refractivity contribution in [2.24, 2.45) is 5.73 Å². The van der Waals surface area contributed by atoms with Crippen molar-refractivity contribution < 1.29 is 9.90 Å². The molecule has 0 bridgehead atoms. The number of aliphatic hydroxyl groups is 1. The Morgan fingerprint density at radius 1 is 1.56 bits per heavy atom. The summed E-state index contributed by atoms with van der Waals surface area (Å²) >= 11 is 6.04. The predicted octanol–water partition coefficient (Wildman–Crippen LogP) is 1.69. The Hall–Kier alpha value is -1.10.